The molecule has 1 amide bonds. The van der Waals surface area contributed by atoms with E-state index in [1.54, 1.807) is 25.4 Å². The van der Waals surface area contributed by atoms with Crippen LogP contribution in [0.2, 0.25) is 0 Å². The highest BCUT2D eigenvalue weighted by Crippen LogP contribution is 2.27. The molecule has 8 nitrogen and oxygen atoms in total. The Bertz CT molecular complexity index is 1380. The van der Waals surface area contributed by atoms with E-state index in [0.29, 0.717) is 11.9 Å². The van der Waals surface area contributed by atoms with E-state index in [1.165, 1.54) is 12.3 Å². The first-order chi connectivity index (χ1) is 15.7. The van der Waals surface area contributed by atoms with Crippen LogP contribution >= 0.6 is 0 Å². The number of aromatic amines is 1. The van der Waals surface area contributed by atoms with Crippen molar-refractivity contribution >= 4 is 32.5 Å². The van der Waals surface area contributed by atoms with Gasteiger partial charge in [0.1, 0.15) is 23.2 Å². The summed E-state index contributed by atoms with van der Waals surface area (Å²) in [5.41, 5.74) is 1.07. The van der Waals surface area contributed by atoms with Gasteiger partial charge in [0, 0.05) is 31.6 Å². The Morgan fingerprint density at radius 3 is 2.55 bits per heavy atom. The molecule has 33 heavy (non-hydrogen) atoms. The molecule has 4 rings (SSSR count). The number of benzene rings is 1. The summed E-state index contributed by atoms with van der Waals surface area (Å²) >= 11 is 0. The van der Waals surface area contributed by atoms with Gasteiger partial charge < -0.3 is 15.0 Å². The van der Waals surface area contributed by atoms with Gasteiger partial charge in [-0.1, -0.05) is 12.1 Å². The quantitative estimate of drug-likeness (QED) is 0.452. The van der Waals surface area contributed by atoms with Gasteiger partial charge in [-0.3, -0.25) is 4.79 Å². The number of sulfone groups is 1. The molecule has 0 saturated heterocycles. The van der Waals surface area contributed by atoms with E-state index in [-0.39, 0.29) is 18.1 Å². The Balaban J connectivity index is 0.000000345. The third-order valence-electron chi connectivity index (χ3n) is 4.40. The number of rotatable bonds is 5. The van der Waals surface area contributed by atoms with Crippen molar-refractivity contribution in [3.63, 3.8) is 0 Å². The van der Waals surface area contributed by atoms with Gasteiger partial charge in [0.25, 0.3) is 0 Å². The number of fused-ring (bicyclic) bond motifs is 1. The molecule has 3 aromatic heterocycles. The van der Waals surface area contributed by atoms with E-state index < -0.39 is 38.0 Å². The molecule has 174 valence electrons. The van der Waals surface area contributed by atoms with Crippen LogP contribution in [0.25, 0.3) is 10.9 Å². The second kappa shape index (κ2) is 10.2. The third-order valence-corrected chi connectivity index (χ3v) is 6.04. The van der Waals surface area contributed by atoms with Crippen LogP contribution in [-0.4, -0.2) is 42.1 Å². The summed E-state index contributed by atoms with van der Waals surface area (Å²) in [5.74, 6) is -2.66. The molecule has 3 heterocycles. The average Bonchev–Trinajstić information content (AvgIpc) is 3.20. The van der Waals surface area contributed by atoms with Crippen LogP contribution < -0.4 is 10.1 Å². The van der Waals surface area contributed by atoms with Crippen LogP contribution in [0, 0.1) is 18.6 Å². The van der Waals surface area contributed by atoms with E-state index >= 15 is 0 Å². The first-order valence-corrected chi connectivity index (χ1v) is 11.2. The minimum atomic E-state index is -4.13. The van der Waals surface area contributed by atoms with Crippen molar-refractivity contribution in [3.8, 4) is 5.88 Å². The molecule has 0 atom stereocenters. The van der Waals surface area contributed by atoms with Gasteiger partial charge >= 0.3 is 0 Å². The van der Waals surface area contributed by atoms with Crippen LogP contribution in [0.5, 0.6) is 5.88 Å². The number of hydrogen-bond donors (Lipinski definition) is 2. The second-order valence-electron chi connectivity index (χ2n) is 6.81. The van der Waals surface area contributed by atoms with Crippen molar-refractivity contribution in [1.82, 2.24) is 15.0 Å². The summed E-state index contributed by atoms with van der Waals surface area (Å²) in [4.78, 5) is 21.8. The maximum absolute atomic E-state index is 13.9. The molecule has 4 aromatic rings. The zero-order valence-corrected chi connectivity index (χ0v) is 18.5. The highest BCUT2D eigenvalue weighted by atomic mass is 32.2. The number of nitrogens with zero attached hydrogens (tertiary/aromatic N) is 2. The lowest BCUT2D eigenvalue weighted by atomic mass is 10.2. The minimum Gasteiger partial charge on any atom is -0.481 e. The summed E-state index contributed by atoms with van der Waals surface area (Å²) in [6.07, 6.45) is 4.19. The fourth-order valence-corrected chi connectivity index (χ4v) is 4.28. The summed E-state index contributed by atoms with van der Waals surface area (Å²) in [7, 11) is -2.51. The van der Waals surface area contributed by atoms with Crippen molar-refractivity contribution in [3.05, 3.63) is 78.3 Å². The van der Waals surface area contributed by atoms with Gasteiger partial charge in [-0.05, 0) is 31.2 Å². The van der Waals surface area contributed by atoms with E-state index in [4.69, 9.17) is 4.74 Å². The fraction of sp³-hybridized carbons (Fsp3) is 0.136. The second-order valence-corrected chi connectivity index (χ2v) is 8.77. The highest BCUT2D eigenvalue weighted by Gasteiger charge is 2.25. The average molecular weight is 477 g/mol. The summed E-state index contributed by atoms with van der Waals surface area (Å²) in [6.45, 7) is 1.96. The van der Waals surface area contributed by atoms with Crippen LogP contribution in [0.4, 0.5) is 14.6 Å². The van der Waals surface area contributed by atoms with E-state index in [1.807, 2.05) is 19.1 Å². The van der Waals surface area contributed by atoms with Crippen LogP contribution in [0.3, 0.4) is 0 Å². The number of aryl methyl sites for hydroxylation is 1. The Hall–Kier alpha value is -3.86. The minimum absolute atomic E-state index is 0. The Morgan fingerprint density at radius 2 is 1.91 bits per heavy atom. The van der Waals surface area contributed by atoms with Crippen molar-refractivity contribution in [1.29, 1.82) is 0 Å². The number of hydrogen-bond acceptors (Lipinski definition) is 6. The number of aromatic nitrogens is 3. The van der Waals surface area contributed by atoms with Gasteiger partial charge in [-0.25, -0.2) is 27.2 Å². The molecule has 11 heteroatoms. The molecule has 0 radical (unpaired) electrons. The maximum Gasteiger partial charge on any atom is 0.241 e. The molecule has 0 saturated carbocycles. The molecule has 0 unspecified atom stereocenters. The van der Waals surface area contributed by atoms with E-state index in [0.717, 1.165) is 17.8 Å². The zero-order valence-electron chi connectivity index (χ0n) is 17.7. The zero-order chi connectivity index (χ0) is 24.0. The fourth-order valence-electron chi connectivity index (χ4n) is 2.95. The van der Waals surface area contributed by atoms with Gasteiger partial charge in [0.15, 0.2) is 9.84 Å². The largest absolute Gasteiger partial charge is 0.481 e. The number of ether oxygens (including phenoxy) is 1. The lowest BCUT2D eigenvalue weighted by molar-refractivity contribution is -0.113. The highest BCUT2D eigenvalue weighted by molar-refractivity contribution is 7.92. The Labute approximate surface area is 190 Å². The van der Waals surface area contributed by atoms with E-state index in [9.17, 15) is 22.0 Å². The standard InChI is InChI=1S/C15H11F2N3O3S.C7H9NO.H2/c16-9-5-10(17)15-11(6-9)19-7-12(15)24(22,23)8-14(21)20-13-3-1-2-4-18-13;1-6-4-3-5-8-7(6)9-2;/h1-7,19H,8H2,(H,18,20,21);3-5H,1-2H3;1H. The van der Waals surface area contributed by atoms with Crippen molar-refractivity contribution in [2.45, 2.75) is 11.8 Å². The molecular weight excluding hydrogens is 454 g/mol. The first kappa shape index (κ1) is 23.8. The lowest BCUT2D eigenvalue weighted by Gasteiger charge is -2.05. The third kappa shape index (κ3) is 5.89. The van der Waals surface area contributed by atoms with Gasteiger partial charge in [-0.2, -0.15) is 0 Å². The van der Waals surface area contributed by atoms with Crippen LogP contribution in [0.1, 0.15) is 6.99 Å². The molecule has 0 bridgehead atoms. The van der Waals surface area contributed by atoms with Crippen molar-refractivity contribution in [2.75, 3.05) is 18.2 Å². The summed E-state index contributed by atoms with van der Waals surface area (Å²) < 4.78 is 56.8. The van der Waals surface area contributed by atoms with Gasteiger partial charge in [0.05, 0.1) is 22.9 Å². The van der Waals surface area contributed by atoms with Crippen LogP contribution in [-0.2, 0) is 14.6 Å². The predicted octanol–water partition coefficient (Wildman–Crippen LogP) is 3.90. The van der Waals surface area contributed by atoms with Gasteiger partial charge in [-0.15, -0.1) is 0 Å². The number of methoxy groups -OCH3 is 1. The molecule has 0 aliphatic carbocycles. The van der Waals surface area contributed by atoms with Gasteiger partial charge in [0.2, 0.25) is 11.8 Å². The Morgan fingerprint density at radius 1 is 1.15 bits per heavy atom. The monoisotopic (exact) mass is 476 g/mol. The van der Waals surface area contributed by atoms with Crippen molar-refractivity contribution < 1.29 is 28.2 Å². The number of anilines is 1. The maximum atomic E-state index is 13.9. The van der Waals surface area contributed by atoms with E-state index in [2.05, 4.69) is 20.3 Å². The molecule has 0 aliphatic heterocycles. The lowest BCUT2D eigenvalue weighted by Crippen LogP contribution is -2.23. The number of carbonyl (C=O) groups is 1. The molecule has 1 aromatic carbocycles. The number of H-pyrrole nitrogens is 1. The number of pyridine rings is 2. The molecule has 2 N–H and O–H groups in total. The summed E-state index contributed by atoms with van der Waals surface area (Å²) in [6, 6.07) is 10.2. The SMILES string of the molecule is COc1ncccc1C.O=C(CS(=O)(=O)c1c[nH]c2cc(F)cc(F)c12)Nc1ccccn1.[HH]. The normalized spacial score (nSPS) is 10.9. The number of halogens is 2. The smallest absolute Gasteiger partial charge is 0.241 e. The van der Waals surface area contributed by atoms with Crippen molar-refractivity contribution in [2.24, 2.45) is 0 Å². The molecular formula is C22H22F2N4O4S. The Kier molecular flexibility index (Phi) is 7.34. The number of carbonyl (C=O) groups excluding carboxylic acids is 1. The number of nitrogens with one attached hydrogen (secondary N) is 2. The first-order valence-electron chi connectivity index (χ1n) is 9.56. The predicted molar refractivity (Wildman–Crippen MR) is 121 cm³/mol. The van der Waals surface area contributed by atoms with Crippen LogP contribution in [0.15, 0.2) is 66.0 Å². The summed E-state index contributed by atoms with van der Waals surface area (Å²) in [5, 5.41) is 2.06. The molecule has 0 fully saturated rings. The number of amides is 1. The topological polar surface area (TPSA) is 114 Å². The molecule has 0 aliphatic rings. The molecule has 0 spiro atoms.